The van der Waals surface area contributed by atoms with E-state index in [1.165, 1.54) is 36.4 Å². The molecule has 0 bridgehead atoms. The number of nitro groups is 2. The van der Waals surface area contributed by atoms with E-state index in [0.717, 1.165) is 27.8 Å². The molecule has 0 aliphatic heterocycles. The lowest BCUT2D eigenvalue weighted by atomic mass is 10.0. The maximum Gasteiger partial charge on any atom is 0.339 e. The highest BCUT2D eigenvalue weighted by atomic mass is 16.6. The molecule has 4 aromatic rings. The van der Waals surface area contributed by atoms with Crippen LogP contribution in [0.25, 0.3) is 24.3 Å². The second-order valence-corrected chi connectivity index (χ2v) is 8.95. The summed E-state index contributed by atoms with van der Waals surface area (Å²) in [6.07, 6.45) is 7.16. The van der Waals surface area contributed by atoms with Gasteiger partial charge in [0.25, 0.3) is 11.4 Å². The van der Waals surface area contributed by atoms with Crippen LogP contribution in [-0.4, -0.2) is 31.1 Å². The van der Waals surface area contributed by atoms with Crippen molar-refractivity contribution in [1.29, 1.82) is 0 Å². The molecule has 41 heavy (non-hydrogen) atoms. The number of nitrogens with zero attached hydrogens (tertiary/aromatic N) is 2. The summed E-state index contributed by atoms with van der Waals surface area (Å²) in [6.45, 7) is 3.71. The first-order valence-electron chi connectivity index (χ1n) is 12.2. The maximum absolute atomic E-state index is 10.9. The van der Waals surface area contributed by atoms with E-state index in [0.29, 0.717) is 11.3 Å². The maximum atomic E-state index is 10.9. The summed E-state index contributed by atoms with van der Waals surface area (Å²) in [4.78, 5) is 31.1. The largest absolute Gasteiger partial charge is 0.507 e. The standard InChI is InChI=1S/C16H15NO3.C15H11NO5/c1-11-9-14(10-12(2)16(11)18)4-3-13-5-7-15(8-6-13)17(19)20;17-14-8-5-11(9-13(14)15(18)19)2-1-10-3-6-12(7-4-10)16(20)21/h3-10,18H,1-2H3;1-9,17H,(H,18,19)/b4-3+;2-1+. The lowest BCUT2D eigenvalue weighted by Gasteiger charge is -2.04. The van der Waals surface area contributed by atoms with Gasteiger partial charge < -0.3 is 15.3 Å². The number of nitro benzene ring substituents is 2. The van der Waals surface area contributed by atoms with E-state index in [2.05, 4.69) is 0 Å². The molecule has 0 radical (unpaired) electrons. The number of carbonyl (C=O) groups is 1. The zero-order chi connectivity index (χ0) is 30.1. The first-order valence-corrected chi connectivity index (χ1v) is 12.2. The average molecular weight is 555 g/mol. The number of aryl methyl sites for hydroxylation is 2. The summed E-state index contributed by atoms with van der Waals surface area (Å²) in [7, 11) is 0. The van der Waals surface area contributed by atoms with Crippen molar-refractivity contribution in [2.24, 2.45) is 0 Å². The molecular formula is C31H26N2O8. The van der Waals surface area contributed by atoms with Gasteiger partial charge in [0.2, 0.25) is 0 Å². The summed E-state index contributed by atoms with van der Waals surface area (Å²) in [6, 6.07) is 20.3. The van der Waals surface area contributed by atoms with Gasteiger partial charge in [0, 0.05) is 24.3 Å². The zero-order valence-corrected chi connectivity index (χ0v) is 22.1. The lowest BCUT2D eigenvalue weighted by Crippen LogP contribution is -1.96. The predicted octanol–water partition coefficient (Wildman–Crippen LogP) is 7.26. The van der Waals surface area contributed by atoms with Gasteiger partial charge in [0.05, 0.1) is 9.85 Å². The van der Waals surface area contributed by atoms with Crippen LogP contribution in [-0.2, 0) is 0 Å². The number of carboxylic acid groups (broad SMARTS) is 1. The molecule has 0 aliphatic carbocycles. The molecule has 208 valence electrons. The summed E-state index contributed by atoms with van der Waals surface area (Å²) in [5.74, 6) is -1.19. The van der Waals surface area contributed by atoms with Crippen molar-refractivity contribution in [1.82, 2.24) is 0 Å². The molecule has 4 aromatic carbocycles. The van der Waals surface area contributed by atoms with Gasteiger partial charge in [-0.2, -0.15) is 0 Å². The van der Waals surface area contributed by atoms with Crippen molar-refractivity contribution < 1.29 is 30.0 Å². The molecule has 0 spiro atoms. The van der Waals surface area contributed by atoms with Crippen molar-refractivity contribution in [2.75, 3.05) is 0 Å². The van der Waals surface area contributed by atoms with E-state index in [1.54, 1.807) is 42.5 Å². The van der Waals surface area contributed by atoms with Crippen LogP contribution in [0.4, 0.5) is 11.4 Å². The minimum Gasteiger partial charge on any atom is -0.507 e. The molecule has 3 N–H and O–H groups in total. The number of benzene rings is 4. The number of carboxylic acids is 1. The molecule has 0 fully saturated rings. The van der Waals surface area contributed by atoms with E-state index in [9.17, 15) is 35.2 Å². The molecule has 0 heterocycles. The van der Waals surface area contributed by atoms with E-state index in [-0.39, 0.29) is 22.7 Å². The van der Waals surface area contributed by atoms with Gasteiger partial charge in [-0.15, -0.1) is 0 Å². The van der Waals surface area contributed by atoms with Crippen molar-refractivity contribution in [3.8, 4) is 11.5 Å². The highest BCUT2D eigenvalue weighted by Gasteiger charge is 2.09. The number of non-ortho nitro benzene ring substituents is 2. The second-order valence-electron chi connectivity index (χ2n) is 8.95. The van der Waals surface area contributed by atoms with Crippen LogP contribution in [0.5, 0.6) is 11.5 Å². The first-order chi connectivity index (χ1) is 19.4. The SMILES string of the molecule is Cc1cc(/C=C/c2ccc([N+](=O)[O-])cc2)cc(C)c1O.O=C(O)c1cc(/C=C/c2ccc([N+](=O)[O-])cc2)ccc1O. The molecule has 0 saturated carbocycles. The van der Waals surface area contributed by atoms with Crippen LogP contribution in [0.1, 0.15) is 43.7 Å². The molecule has 10 heteroatoms. The highest BCUT2D eigenvalue weighted by molar-refractivity contribution is 5.91. The Bertz CT molecular complexity index is 1620. The van der Waals surface area contributed by atoms with Gasteiger partial charge in [-0.25, -0.2) is 4.79 Å². The third kappa shape index (κ3) is 8.36. The zero-order valence-electron chi connectivity index (χ0n) is 22.1. The van der Waals surface area contributed by atoms with Gasteiger partial charge >= 0.3 is 5.97 Å². The van der Waals surface area contributed by atoms with Gasteiger partial charge in [-0.05, 0) is 95.8 Å². The molecule has 0 aliphatic rings. The van der Waals surface area contributed by atoms with Gasteiger partial charge in [-0.3, -0.25) is 20.2 Å². The Morgan fingerprint density at radius 1 is 0.634 bits per heavy atom. The Kier molecular flexibility index (Phi) is 9.69. The van der Waals surface area contributed by atoms with Crippen LogP contribution < -0.4 is 0 Å². The van der Waals surface area contributed by atoms with E-state index < -0.39 is 15.8 Å². The third-order valence-electron chi connectivity index (χ3n) is 5.91. The van der Waals surface area contributed by atoms with Crippen LogP contribution in [0.2, 0.25) is 0 Å². The number of phenolic OH excluding ortho intramolecular Hbond substituents is 1. The molecule has 0 atom stereocenters. The molecule has 0 aromatic heterocycles. The summed E-state index contributed by atoms with van der Waals surface area (Å²) >= 11 is 0. The van der Waals surface area contributed by atoms with E-state index in [1.807, 2.05) is 38.1 Å². The first kappa shape index (κ1) is 29.8. The second kappa shape index (κ2) is 13.3. The minimum absolute atomic E-state index is 0.00458. The number of aromatic carboxylic acids is 1. The fraction of sp³-hybridized carbons (Fsp3) is 0.0645. The number of hydrogen-bond acceptors (Lipinski definition) is 7. The Labute approximate surface area is 235 Å². The number of aromatic hydroxyl groups is 2. The number of phenols is 2. The monoisotopic (exact) mass is 554 g/mol. The van der Waals surface area contributed by atoms with Gasteiger partial charge in [-0.1, -0.05) is 30.4 Å². The number of rotatable bonds is 7. The fourth-order valence-corrected chi connectivity index (χ4v) is 3.71. The summed E-state index contributed by atoms with van der Waals surface area (Å²) in [5, 5.41) is 49.1. The molecule has 0 unspecified atom stereocenters. The number of hydrogen-bond donors (Lipinski definition) is 3. The van der Waals surface area contributed by atoms with Crippen LogP contribution in [0, 0.1) is 34.1 Å². The molecule has 10 nitrogen and oxygen atoms in total. The van der Waals surface area contributed by atoms with Gasteiger partial charge in [0.1, 0.15) is 17.1 Å². The van der Waals surface area contributed by atoms with Gasteiger partial charge in [0.15, 0.2) is 0 Å². The highest BCUT2D eigenvalue weighted by Crippen LogP contribution is 2.24. The molecule has 0 amide bonds. The molecule has 4 rings (SSSR count). The van der Waals surface area contributed by atoms with Crippen molar-refractivity contribution in [3.63, 3.8) is 0 Å². The summed E-state index contributed by atoms with van der Waals surface area (Å²) < 4.78 is 0. The van der Waals surface area contributed by atoms with E-state index >= 15 is 0 Å². The van der Waals surface area contributed by atoms with Crippen LogP contribution in [0.15, 0.2) is 78.9 Å². The van der Waals surface area contributed by atoms with Crippen molar-refractivity contribution in [2.45, 2.75) is 13.8 Å². The lowest BCUT2D eigenvalue weighted by molar-refractivity contribution is -0.385. The average Bonchev–Trinajstić information content (AvgIpc) is 2.95. The fourth-order valence-electron chi connectivity index (χ4n) is 3.71. The molecule has 0 saturated heterocycles. The topological polar surface area (TPSA) is 164 Å². The van der Waals surface area contributed by atoms with E-state index in [4.69, 9.17) is 5.11 Å². The normalized spacial score (nSPS) is 10.8. The van der Waals surface area contributed by atoms with Crippen molar-refractivity contribution in [3.05, 3.63) is 138 Å². The van der Waals surface area contributed by atoms with Crippen LogP contribution >= 0.6 is 0 Å². The third-order valence-corrected chi connectivity index (χ3v) is 5.91. The Hall–Kier alpha value is -5.77. The Morgan fingerprint density at radius 2 is 1.02 bits per heavy atom. The summed E-state index contributed by atoms with van der Waals surface area (Å²) in [5.41, 5.74) is 4.77. The van der Waals surface area contributed by atoms with Crippen LogP contribution in [0.3, 0.4) is 0 Å². The smallest absolute Gasteiger partial charge is 0.339 e. The Morgan fingerprint density at radius 3 is 1.44 bits per heavy atom. The quantitative estimate of drug-likeness (QED) is 0.122. The van der Waals surface area contributed by atoms with Crippen molar-refractivity contribution >= 4 is 41.6 Å². The molecular weight excluding hydrogens is 528 g/mol. The predicted molar refractivity (Wildman–Crippen MR) is 157 cm³/mol. The Balaban J connectivity index is 0.000000226. The minimum atomic E-state index is -1.21.